The zero-order chi connectivity index (χ0) is 23.9. The minimum atomic E-state index is -4.71. The van der Waals surface area contributed by atoms with E-state index in [1.165, 1.54) is 12.3 Å². The van der Waals surface area contributed by atoms with Gasteiger partial charge in [0.05, 0.1) is 17.7 Å². The molecular formula is C22H19F3N6O3. The molecule has 176 valence electrons. The zero-order valence-electron chi connectivity index (χ0n) is 17.6. The second-order valence-electron chi connectivity index (χ2n) is 8.02. The van der Waals surface area contributed by atoms with Crippen LogP contribution in [0.3, 0.4) is 0 Å². The van der Waals surface area contributed by atoms with E-state index in [4.69, 9.17) is 9.94 Å². The maximum absolute atomic E-state index is 13.9. The second-order valence-corrected chi connectivity index (χ2v) is 8.02. The average Bonchev–Trinajstić information content (AvgIpc) is 3.44. The van der Waals surface area contributed by atoms with Crippen LogP contribution in [0.5, 0.6) is 0 Å². The molecule has 1 unspecified atom stereocenters. The van der Waals surface area contributed by atoms with Crippen molar-refractivity contribution in [3.8, 4) is 5.82 Å². The monoisotopic (exact) mass is 472 g/mol. The Morgan fingerprint density at radius 1 is 1.18 bits per heavy atom. The van der Waals surface area contributed by atoms with Crippen molar-refractivity contribution in [3.05, 3.63) is 77.2 Å². The predicted octanol–water partition coefficient (Wildman–Crippen LogP) is 2.78. The molecule has 0 amide bonds. The topological polar surface area (TPSA) is 105 Å². The number of halogens is 3. The number of likely N-dealkylation sites (tertiary alicyclic amines) is 1. The fourth-order valence-corrected chi connectivity index (χ4v) is 3.91. The number of nitrogens with one attached hydrogen (secondary N) is 1. The van der Waals surface area contributed by atoms with Gasteiger partial charge in [0.2, 0.25) is 6.23 Å². The first-order valence-electron chi connectivity index (χ1n) is 10.4. The Balaban J connectivity index is 1.34. The zero-order valence-corrected chi connectivity index (χ0v) is 17.6. The van der Waals surface area contributed by atoms with Crippen molar-refractivity contribution >= 4 is 11.8 Å². The van der Waals surface area contributed by atoms with Crippen LogP contribution in [-0.2, 0) is 22.4 Å². The fourth-order valence-electron chi connectivity index (χ4n) is 3.91. The van der Waals surface area contributed by atoms with E-state index in [0.29, 0.717) is 31.0 Å². The molecule has 0 saturated carbocycles. The van der Waals surface area contributed by atoms with Crippen LogP contribution in [0.15, 0.2) is 59.9 Å². The molecule has 2 aliphatic rings. The quantitative estimate of drug-likeness (QED) is 0.569. The summed E-state index contributed by atoms with van der Waals surface area (Å²) in [5, 5.41) is 12.9. The number of benzene rings is 1. The summed E-state index contributed by atoms with van der Waals surface area (Å²) in [5.41, 5.74) is 2.99. The van der Waals surface area contributed by atoms with Gasteiger partial charge in [0.15, 0.2) is 17.3 Å². The van der Waals surface area contributed by atoms with Gasteiger partial charge in [0, 0.05) is 31.4 Å². The number of carboxylic acid groups (broad SMARTS) is 1. The highest BCUT2D eigenvalue weighted by Gasteiger charge is 2.42. The van der Waals surface area contributed by atoms with Gasteiger partial charge in [-0.05, 0) is 17.7 Å². The van der Waals surface area contributed by atoms with Gasteiger partial charge in [-0.25, -0.2) is 25.0 Å². The second kappa shape index (κ2) is 8.54. The number of hydrogen-bond donors (Lipinski definition) is 2. The molecule has 5 rings (SSSR count). The van der Waals surface area contributed by atoms with Crippen LogP contribution >= 0.6 is 0 Å². The molecule has 1 aromatic carbocycles. The Morgan fingerprint density at radius 3 is 2.59 bits per heavy atom. The molecule has 0 bridgehead atoms. The van der Waals surface area contributed by atoms with Crippen molar-refractivity contribution in [2.24, 2.45) is 10.9 Å². The molecule has 12 heteroatoms. The summed E-state index contributed by atoms with van der Waals surface area (Å²) < 4.78 is 42.4. The highest BCUT2D eigenvalue weighted by Crippen LogP contribution is 2.38. The van der Waals surface area contributed by atoms with E-state index in [1.807, 2.05) is 17.0 Å². The van der Waals surface area contributed by atoms with Gasteiger partial charge in [0.1, 0.15) is 0 Å². The third-order valence-corrected chi connectivity index (χ3v) is 5.65. The van der Waals surface area contributed by atoms with Crippen LogP contribution < -0.4 is 5.48 Å². The first kappa shape index (κ1) is 22.0. The van der Waals surface area contributed by atoms with Crippen LogP contribution in [0.1, 0.15) is 28.6 Å². The molecule has 1 atom stereocenters. The van der Waals surface area contributed by atoms with E-state index in [-0.39, 0.29) is 17.3 Å². The third-order valence-electron chi connectivity index (χ3n) is 5.65. The number of alkyl halides is 3. The van der Waals surface area contributed by atoms with Crippen molar-refractivity contribution < 1.29 is 27.9 Å². The van der Waals surface area contributed by atoms with E-state index >= 15 is 0 Å². The summed E-state index contributed by atoms with van der Waals surface area (Å²) in [6.07, 6.45) is -3.48. The molecule has 3 aromatic rings. The molecule has 2 aliphatic heterocycles. The number of nitrogens with zero attached hydrogens (tertiary/aromatic N) is 5. The first-order valence-corrected chi connectivity index (χ1v) is 10.4. The number of amidine groups is 1. The van der Waals surface area contributed by atoms with Crippen LogP contribution in [0, 0.1) is 5.92 Å². The highest BCUT2D eigenvalue weighted by molar-refractivity contribution is 5.98. The molecule has 34 heavy (non-hydrogen) atoms. The van der Waals surface area contributed by atoms with Crippen molar-refractivity contribution in [2.45, 2.75) is 18.9 Å². The van der Waals surface area contributed by atoms with Crippen LogP contribution in [-0.4, -0.2) is 49.7 Å². The van der Waals surface area contributed by atoms with Gasteiger partial charge in [-0.1, -0.05) is 30.3 Å². The first-order chi connectivity index (χ1) is 16.3. The Bertz CT molecular complexity index is 1220. The Labute approximate surface area is 191 Å². The van der Waals surface area contributed by atoms with Gasteiger partial charge >= 0.3 is 12.1 Å². The van der Waals surface area contributed by atoms with E-state index in [1.54, 1.807) is 24.3 Å². The number of aromatic nitrogens is 3. The lowest BCUT2D eigenvalue weighted by atomic mass is 9.99. The van der Waals surface area contributed by atoms with Crippen LogP contribution in [0.25, 0.3) is 5.82 Å². The summed E-state index contributed by atoms with van der Waals surface area (Å²) in [4.78, 5) is 26.5. The molecule has 1 fully saturated rings. The molecular weight excluding hydrogens is 453 g/mol. The van der Waals surface area contributed by atoms with Crippen LogP contribution in [0.2, 0.25) is 0 Å². The van der Waals surface area contributed by atoms with Gasteiger partial charge in [-0.15, -0.1) is 0 Å². The third kappa shape index (κ3) is 4.24. The van der Waals surface area contributed by atoms with Gasteiger partial charge in [-0.2, -0.15) is 18.3 Å². The Kier molecular flexibility index (Phi) is 5.54. The molecule has 1 saturated heterocycles. The number of rotatable bonds is 6. The largest absolute Gasteiger partial charge is 0.481 e. The lowest BCUT2D eigenvalue weighted by Gasteiger charge is -2.36. The maximum atomic E-state index is 13.9. The molecule has 0 spiro atoms. The van der Waals surface area contributed by atoms with Crippen molar-refractivity contribution in [1.29, 1.82) is 0 Å². The van der Waals surface area contributed by atoms with E-state index in [9.17, 15) is 18.0 Å². The lowest BCUT2D eigenvalue weighted by molar-refractivity contribution is -0.148. The standard InChI is InChI=1S/C22H19F3N6O3/c23-22(24,25)18-16(9-27-31(18)17-3-1-2-8-26-17)20-28-19(29-34-20)14-6-4-13(5-7-14)10-30-11-15(12-30)21(32)33/h1-9,15,20H,10-12H2,(H,28,29)(H,32,33). The van der Waals surface area contributed by atoms with E-state index in [0.717, 1.165) is 16.4 Å². The maximum Gasteiger partial charge on any atom is 0.433 e. The SMILES string of the molecule is O=C(O)C1CN(Cc2ccc(C3=NC(c4cnn(-c5ccccn5)c4C(F)(F)F)ON3)cc2)C1. The van der Waals surface area contributed by atoms with Crippen molar-refractivity contribution in [2.75, 3.05) is 13.1 Å². The number of hydrogen-bond acceptors (Lipinski definition) is 7. The molecule has 0 aliphatic carbocycles. The van der Waals surface area contributed by atoms with E-state index < -0.39 is 24.1 Å². The molecule has 2 N–H and O–H groups in total. The van der Waals surface area contributed by atoms with Crippen LogP contribution in [0.4, 0.5) is 13.2 Å². The smallest absolute Gasteiger partial charge is 0.433 e. The molecule has 9 nitrogen and oxygen atoms in total. The molecule has 2 aromatic heterocycles. The number of pyridine rings is 1. The molecule has 0 radical (unpaired) electrons. The van der Waals surface area contributed by atoms with Gasteiger partial charge in [0.25, 0.3) is 0 Å². The number of carbonyl (C=O) groups is 1. The number of aliphatic imine (C=N–C) groups is 1. The Hall–Kier alpha value is -3.77. The van der Waals surface area contributed by atoms with Crippen molar-refractivity contribution in [3.63, 3.8) is 0 Å². The summed E-state index contributed by atoms with van der Waals surface area (Å²) in [7, 11) is 0. The number of aliphatic carboxylic acids is 1. The lowest BCUT2D eigenvalue weighted by Crippen LogP contribution is -2.49. The summed E-state index contributed by atoms with van der Waals surface area (Å²) in [6.45, 7) is 1.63. The normalized spacial score (nSPS) is 18.9. The highest BCUT2D eigenvalue weighted by atomic mass is 19.4. The van der Waals surface area contributed by atoms with Crippen molar-refractivity contribution in [1.82, 2.24) is 25.1 Å². The Morgan fingerprint density at radius 2 is 1.94 bits per heavy atom. The summed E-state index contributed by atoms with van der Waals surface area (Å²) >= 11 is 0. The van der Waals surface area contributed by atoms with Gasteiger partial charge in [-0.3, -0.25) is 9.69 Å². The summed E-state index contributed by atoms with van der Waals surface area (Å²) in [5.74, 6) is -0.784. The number of carboxylic acids is 1. The molecule has 4 heterocycles. The van der Waals surface area contributed by atoms with E-state index in [2.05, 4.69) is 20.6 Å². The average molecular weight is 472 g/mol. The van der Waals surface area contributed by atoms with Gasteiger partial charge < -0.3 is 5.11 Å². The number of hydroxylamine groups is 1. The fraction of sp³-hybridized carbons (Fsp3) is 0.273. The predicted molar refractivity (Wildman–Crippen MR) is 113 cm³/mol. The minimum absolute atomic E-state index is 0.0312. The summed E-state index contributed by atoms with van der Waals surface area (Å²) in [6, 6.07) is 11.9. The minimum Gasteiger partial charge on any atom is -0.481 e.